The molecule has 7 heteroatoms. The van der Waals surface area contributed by atoms with Gasteiger partial charge in [-0.15, -0.1) is 0 Å². The normalized spacial score (nSPS) is 10.7. The van der Waals surface area contributed by atoms with Gasteiger partial charge in [0.1, 0.15) is 5.82 Å². The molecular formula is C14H17N7. The van der Waals surface area contributed by atoms with Crippen molar-refractivity contribution in [1.82, 2.24) is 25.1 Å². The Hall–Kier alpha value is -2.70. The SMILES string of the molecule is CCNc1nc(NCCc2cccnc2)c2cn[nH]c2n1. The average molecular weight is 283 g/mol. The minimum atomic E-state index is 0.595. The van der Waals surface area contributed by atoms with E-state index in [0.29, 0.717) is 5.95 Å². The molecular weight excluding hydrogens is 266 g/mol. The minimum absolute atomic E-state index is 0.595. The number of nitrogens with one attached hydrogen (secondary N) is 3. The van der Waals surface area contributed by atoms with E-state index in [2.05, 4.69) is 41.8 Å². The van der Waals surface area contributed by atoms with Crippen LogP contribution < -0.4 is 10.6 Å². The fourth-order valence-corrected chi connectivity index (χ4v) is 2.08. The molecule has 0 fully saturated rings. The van der Waals surface area contributed by atoms with Crippen molar-refractivity contribution in [1.29, 1.82) is 0 Å². The first-order valence-electron chi connectivity index (χ1n) is 6.94. The summed E-state index contributed by atoms with van der Waals surface area (Å²) in [4.78, 5) is 13.0. The predicted octanol–water partition coefficient (Wildman–Crippen LogP) is 1.83. The fourth-order valence-electron chi connectivity index (χ4n) is 2.08. The highest BCUT2D eigenvalue weighted by atomic mass is 15.2. The van der Waals surface area contributed by atoms with Crippen molar-refractivity contribution in [2.45, 2.75) is 13.3 Å². The zero-order valence-electron chi connectivity index (χ0n) is 11.8. The molecule has 0 radical (unpaired) electrons. The number of anilines is 2. The molecule has 3 heterocycles. The molecule has 3 rings (SSSR count). The van der Waals surface area contributed by atoms with E-state index in [0.717, 1.165) is 36.4 Å². The summed E-state index contributed by atoms with van der Waals surface area (Å²) < 4.78 is 0. The van der Waals surface area contributed by atoms with Gasteiger partial charge in [0.05, 0.1) is 11.6 Å². The second kappa shape index (κ2) is 6.17. The van der Waals surface area contributed by atoms with Gasteiger partial charge >= 0.3 is 0 Å². The number of hydrogen-bond acceptors (Lipinski definition) is 6. The highest BCUT2D eigenvalue weighted by Gasteiger charge is 2.08. The summed E-state index contributed by atoms with van der Waals surface area (Å²) in [6.45, 7) is 3.55. The number of nitrogens with zero attached hydrogens (tertiary/aromatic N) is 4. The lowest BCUT2D eigenvalue weighted by atomic mass is 10.2. The van der Waals surface area contributed by atoms with Crippen LogP contribution in [0, 0.1) is 0 Å². The highest BCUT2D eigenvalue weighted by molar-refractivity contribution is 5.86. The molecule has 0 saturated carbocycles. The zero-order valence-corrected chi connectivity index (χ0v) is 11.8. The number of aromatic amines is 1. The Balaban J connectivity index is 1.74. The molecule has 0 saturated heterocycles. The molecule has 3 N–H and O–H groups in total. The number of pyridine rings is 1. The first-order chi connectivity index (χ1) is 10.4. The predicted molar refractivity (Wildman–Crippen MR) is 82.3 cm³/mol. The van der Waals surface area contributed by atoms with Crippen LogP contribution in [0.15, 0.2) is 30.7 Å². The second-order valence-corrected chi connectivity index (χ2v) is 4.60. The Morgan fingerprint density at radius 3 is 2.95 bits per heavy atom. The maximum atomic E-state index is 4.49. The Bertz CT molecular complexity index is 708. The van der Waals surface area contributed by atoms with Crippen molar-refractivity contribution in [2.75, 3.05) is 23.7 Å². The third-order valence-corrected chi connectivity index (χ3v) is 3.07. The average Bonchev–Trinajstić information content (AvgIpc) is 2.97. The molecule has 3 aromatic rings. The zero-order chi connectivity index (χ0) is 14.5. The van der Waals surface area contributed by atoms with E-state index < -0.39 is 0 Å². The molecule has 7 nitrogen and oxygen atoms in total. The van der Waals surface area contributed by atoms with E-state index >= 15 is 0 Å². The van der Waals surface area contributed by atoms with Gasteiger partial charge in [0, 0.05) is 25.5 Å². The van der Waals surface area contributed by atoms with Gasteiger partial charge in [-0.1, -0.05) is 6.07 Å². The van der Waals surface area contributed by atoms with Crippen molar-refractivity contribution >= 4 is 22.8 Å². The van der Waals surface area contributed by atoms with Crippen molar-refractivity contribution in [3.63, 3.8) is 0 Å². The van der Waals surface area contributed by atoms with E-state index in [1.807, 2.05) is 19.2 Å². The van der Waals surface area contributed by atoms with Gasteiger partial charge in [0.25, 0.3) is 0 Å². The molecule has 21 heavy (non-hydrogen) atoms. The number of hydrogen-bond donors (Lipinski definition) is 3. The maximum absolute atomic E-state index is 4.49. The maximum Gasteiger partial charge on any atom is 0.226 e. The van der Waals surface area contributed by atoms with Crippen LogP contribution >= 0.6 is 0 Å². The molecule has 0 bridgehead atoms. The van der Waals surface area contributed by atoms with Gasteiger partial charge in [-0.3, -0.25) is 10.1 Å². The van der Waals surface area contributed by atoms with Gasteiger partial charge in [0.15, 0.2) is 5.65 Å². The van der Waals surface area contributed by atoms with E-state index in [9.17, 15) is 0 Å². The summed E-state index contributed by atoms with van der Waals surface area (Å²) in [7, 11) is 0. The molecule has 0 aromatic carbocycles. The molecule has 0 spiro atoms. The smallest absolute Gasteiger partial charge is 0.226 e. The molecule has 0 aliphatic carbocycles. The lowest BCUT2D eigenvalue weighted by Gasteiger charge is -2.08. The second-order valence-electron chi connectivity index (χ2n) is 4.60. The standard InChI is InChI=1S/C14H17N7/c1-2-16-14-19-12(11-9-18-21-13(11)20-14)17-7-5-10-4-3-6-15-8-10/h3-4,6,8-9H,2,5,7H2,1H3,(H3,16,17,18,19,20,21). The van der Waals surface area contributed by atoms with Crippen molar-refractivity contribution < 1.29 is 0 Å². The van der Waals surface area contributed by atoms with E-state index in [1.54, 1.807) is 12.4 Å². The van der Waals surface area contributed by atoms with Crippen LogP contribution in [0.25, 0.3) is 11.0 Å². The van der Waals surface area contributed by atoms with E-state index in [-0.39, 0.29) is 0 Å². The van der Waals surface area contributed by atoms with Crippen molar-refractivity contribution in [3.05, 3.63) is 36.3 Å². The number of fused-ring (bicyclic) bond motifs is 1. The first-order valence-corrected chi connectivity index (χ1v) is 6.94. The van der Waals surface area contributed by atoms with Crippen LogP contribution in [-0.2, 0) is 6.42 Å². The molecule has 108 valence electrons. The summed E-state index contributed by atoms with van der Waals surface area (Å²) in [5.74, 6) is 1.38. The van der Waals surface area contributed by atoms with Gasteiger partial charge in [-0.05, 0) is 25.0 Å². The molecule has 0 aliphatic heterocycles. The highest BCUT2D eigenvalue weighted by Crippen LogP contribution is 2.19. The van der Waals surface area contributed by atoms with Gasteiger partial charge < -0.3 is 10.6 Å². The largest absolute Gasteiger partial charge is 0.369 e. The lowest BCUT2D eigenvalue weighted by Crippen LogP contribution is -2.09. The Labute approximate surface area is 122 Å². The lowest BCUT2D eigenvalue weighted by molar-refractivity contribution is 0.991. The van der Waals surface area contributed by atoms with Crippen LogP contribution in [0.1, 0.15) is 12.5 Å². The summed E-state index contributed by atoms with van der Waals surface area (Å²) in [6, 6.07) is 4.00. The van der Waals surface area contributed by atoms with Crippen LogP contribution in [-0.4, -0.2) is 38.2 Å². The summed E-state index contributed by atoms with van der Waals surface area (Å²) in [5, 5.41) is 14.3. The molecule has 0 atom stereocenters. The van der Waals surface area contributed by atoms with Gasteiger partial charge in [0.2, 0.25) is 5.95 Å². The molecule has 0 unspecified atom stereocenters. The minimum Gasteiger partial charge on any atom is -0.369 e. The Kier molecular flexibility index (Phi) is 3.90. The quantitative estimate of drug-likeness (QED) is 0.639. The van der Waals surface area contributed by atoms with Crippen LogP contribution in [0.5, 0.6) is 0 Å². The van der Waals surface area contributed by atoms with Crippen LogP contribution in [0.3, 0.4) is 0 Å². The van der Waals surface area contributed by atoms with Crippen molar-refractivity contribution in [2.24, 2.45) is 0 Å². The topological polar surface area (TPSA) is 91.4 Å². The van der Waals surface area contributed by atoms with Gasteiger partial charge in [-0.25, -0.2) is 0 Å². The van der Waals surface area contributed by atoms with Crippen LogP contribution in [0.2, 0.25) is 0 Å². The summed E-state index contributed by atoms with van der Waals surface area (Å²) >= 11 is 0. The van der Waals surface area contributed by atoms with Crippen molar-refractivity contribution in [3.8, 4) is 0 Å². The van der Waals surface area contributed by atoms with E-state index in [4.69, 9.17) is 0 Å². The summed E-state index contributed by atoms with van der Waals surface area (Å²) in [6.07, 6.45) is 6.27. The van der Waals surface area contributed by atoms with Crippen LogP contribution in [0.4, 0.5) is 11.8 Å². The number of rotatable bonds is 6. The Morgan fingerprint density at radius 2 is 2.14 bits per heavy atom. The monoisotopic (exact) mass is 283 g/mol. The van der Waals surface area contributed by atoms with Gasteiger partial charge in [-0.2, -0.15) is 15.1 Å². The fraction of sp³-hybridized carbons (Fsp3) is 0.286. The third-order valence-electron chi connectivity index (χ3n) is 3.07. The third kappa shape index (κ3) is 3.07. The molecule has 3 aromatic heterocycles. The first kappa shape index (κ1) is 13.3. The molecule has 0 aliphatic rings. The molecule has 0 amide bonds. The number of aromatic nitrogens is 5. The summed E-state index contributed by atoms with van der Waals surface area (Å²) in [5.41, 5.74) is 1.92. The van der Waals surface area contributed by atoms with E-state index in [1.165, 1.54) is 5.56 Å². The number of H-pyrrole nitrogens is 1. The Morgan fingerprint density at radius 1 is 1.19 bits per heavy atom.